The maximum absolute atomic E-state index is 13.2. The van der Waals surface area contributed by atoms with Gasteiger partial charge in [0.2, 0.25) is 0 Å². The molecule has 0 amide bonds. The van der Waals surface area contributed by atoms with Crippen LogP contribution >= 0.6 is 0 Å². The van der Waals surface area contributed by atoms with Gasteiger partial charge in [-0.15, -0.1) is 0 Å². The van der Waals surface area contributed by atoms with Crippen molar-refractivity contribution in [3.8, 4) is 0 Å². The first kappa shape index (κ1) is 31.0. The highest BCUT2D eigenvalue weighted by molar-refractivity contribution is 5.71. The molecule has 7 unspecified atom stereocenters. The molecule has 0 aromatic heterocycles. The maximum atomic E-state index is 13.2. The Morgan fingerprint density at radius 3 is 2.61 bits per heavy atom. The average molecular weight is 574 g/mol. The first-order chi connectivity index (χ1) is 19.4. The predicted molar refractivity (Wildman–Crippen MR) is 158 cm³/mol. The molecule has 1 heterocycles. The molecule has 5 rings (SSSR count). The van der Waals surface area contributed by atoms with Gasteiger partial charge < -0.3 is 24.6 Å². The fourth-order valence-corrected chi connectivity index (χ4v) is 9.92. The van der Waals surface area contributed by atoms with Gasteiger partial charge in [0.05, 0.1) is 38.3 Å². The highest BCUT2D eigenvalue weighted by Gasteiger charge is 2.63. The largest absolute Gasteiger partial charge is 0.481 e. The molecular weight excluding hydrogens is 518 g/mol. The van der Waals surface area contributed by atoms with Crippen molar-refractivity contribution in [2.75, 3.05) is 33.4 Å². The minimum atomic E-state index is -0.597. The van der Waals surface area contributed by atoms with Crippen LogP contribution in [0.1, 0.15) is 86.0 Å². The molecule has 10 atom stereocenters. The van der Waals surface area contributed by atoms with Crippen LogP contribution in [0.4, 0.5) is 0 Å². The summed E-state index contributed by atoms with van der Waals surface area (Å²) in [6.07, 6.45) is 9.32. The third-order valence-electron chi connectivity index (χ3n) is 11.2. The molecule has 0 spiro atoms. The fraction of sp³-hybridized carbons (Fsp3) is 0.882. The van der Waals surface area contributed by atoms with Crippen molar-refractivity contribution in [2.45, 2.75) is 98.2 Å². The van der Waals surface area contributed by atoms with Gasteiger partial charge in [-0.3, -0.25) is 9.59 Å². The van der Waals surface area contributed by atoms with Gasteiger partial charge in [0.1, 0.15) is 6.10 Å². The molecule has 7 heteroatoms. The Kier molecular flexibility index (Phi) is 9.28. The van der Waals surface area contributed by atoms with Gasteiger partial charge in [-0.2, -0.15) is 0 Å². The van der Waals surface area contributed by atoms with Crippen LogP contribution < -0.4 is 5.32 Å². The highest BCUT2D eigenvalue weighted by Crippen LogP contribution is 2.65. The fourth-order valence-electron chi connectivity index (χ4n) is 9.92. The van der Waals surface area contributed by atoms with Gasteiger partial charge in [0.25, 0.3) is 0 Å². The Balaban J connectivity index is 1.45. The Bertz CT molecular complexity index is 986. The number of carbonyl (C=O) groups excluding carboxylic acids is 1. The summed E-state index contributed by atoms with van der Waals surface area (Å²) < 4.78 is 19.2. The smallest absolute Gasteiger partial charge is 0.307 e. The van der Waals surface area contributed by atoms with Gasteiger partial charge >= 0.3 is 11.9 Å². The Morgan fingerprint density at radius 2 is 1.93 bits per heavy atom. The number of esters is 1. The van der Waals surface area contributed by atoms with E-state index in [9.17, 15) is 14.7 Å². The standard InChI is InChI=1S/C34H55NO6/c1-20(2)15-21-7-8-22-23-9-11-27-25-18-39-19-34(27,26(23)12-10-24(22)30(21)32(37)38)16-28(31(25)40-14-13-35-6)41-29(36)17-33(3,4)5/h12,20-25,27-28,30-31,35H,7-11,13-19H2,1-6H3,(H,37,38)/t21?,22?,23?,24?,25?,27?,28-,30?,31-,34+/m1/s1. The SMILES string of the molecule is CNCCO[C@@H]1C2COC[C@@]3(C[C@H]1OC(=O)CC(C)(C)C)C1=CCC4C(CCC(CC(C)C)C4C(=O)O)C1CCC23. The minimum Gasteiger partial charge on any atom is -0.481 e. The number of aliphatic carboxylic acids is 1. The van der Waals surface area contributed by atoms with E-state index in [0.717, 1.165) is 51.5 Å². The molecule has 2 bridgehead atoms. The molecule has 0 aromatic rings. The summed E-state index contributed by atoms with van der Waals surface area (Å²) in [6.45, 7) is 13.3. The highest BCUT2D eigenvalue weighted by atomic mass is 16.6. The second-order valence-electron chi connectivity index (χ2n) is 15.6. The van der Waals surface area contributed by atoms with Crippen LogP contribution in [-0.4, -0.2) is 62.7 Å². The Hall–Kier alpha value is -1.44. The summed E-state index contributed by atoms with van der Waals surface area (Å²) in [5, 5.41) is 13.6. The number of carboxylic acids is 1. The summed E-state index contributed by atoms with van der Waals surface area (Å²) in [6, 6.07) is 0. The third-order valence-corrected chi connectivity index (χ3v) is 11.2. The van der Waals surface area contributed by atoms with Crippen molar-refractivity contribution in [3.05, 3.63) is 11.6 Å². The lowest BCUT2D eigenvalue weighted by Gasteiger charge is -2.63. The summed E-state index contributed by atoms with van der Waals surface area (Å²) >= 11 is 0. The monoisotopic (exact) mass is 573 g/mol. The van der Waals surface area contributed by atoms with E-state index in [1.807, 2.05) is 7.05 Å². The van der Waals surface area contributed by atoms with Gasteiger partial charge in [-0.1, -0.05) is 46.3 Å². The summed E-state index contributed by atoms with van der Waals surface area (Å²) in [5.74, 6) is 1.48. The molecule has 1 aliphatic heterocycles. The Morgan fingerprint density at radius 1 is 1.15 bits per heavy atom. The van der Waals surface area contributed by atoms with Crippen LogP contribution in [0.25, 0.3) is 0 Å². The molecule has 41 heavy (non-hydrogen) atoms. The number of hydrogen-bond acceptors (Lipinski definition) is 6. The van der Waals surface area contributed by atoms with Gasteiger partial charge in [-0.25, -0.2) is 0 Å². The molecule has 2 N–H and O–H groups in total. The molecule has 7 nitrogen and oxygen atoms in total. The minimum absolute atomic E-state index is 0.139. The maximum Gasteiger partial charge on any atom is 0.307 e. The molecule has 0 radical (unpaired) electrons. The van der Waals surface area contributed by atoms with Crippen LogP contribution in [0.2, 0.25) is 0 Å². The van der Waals surface area contributed by atoms with E-state index in [4.69, 9.17) is 14.2 Å². The number of rotatable bonds is 9. The number of likely N-dealkylation sites (N-methyl/N-ethyl adjacent to an activating group) is 1. The number of hydrogen-bond donors (Lipinski definition) is 2. The normalized spacial score (nSPS) is 40.2. The average Bonchev–Trinajstić information content (AvgIpc) is 2.87. The second kappa shape index (κ2) is 12.3. The van der Waals surface area contributed by atoms with Crippen LogP contribution in [0.15, 0.2) is 11.6 Å². The first-order valence-corrected chi connectivity index (χ1v) is 16.4. The molecular formula is C34H55NO6. The van der Waals surface area contributed by atoms with Crippen LogP contribution in [0, 0.1) is 58.2 Å². The van der Waals surface area contributed by atoms with E-state index < -0.39 is 5.97 Å². The van der Waals surface area contributed by atoms with Crippen LogP contribution in [-0.2, 0) is 23.8 Å². The number of allylic oxidation sites excluding steroid dienone is 1. The van der Waals surface area contributed by atoms with E-state index in [-0.39, 0.29) is 52.7 Å². The van der Waals surface area contributed by atoms with E-state index in [1.54, 1.807) is 0 Å². The summed E-state index contributed by atoms with van der Waals surface area (Å²) in [4.78, 5) is 25.8. The van der Waals surface area contributed by atoms with Crippen molar-refractivity contribution < 1.29 is 28.9 Å². The quantitative estimate of drug-likeness (QED) is 0.207. The molecule has 4 aliphatic carbocycles. The lowest BCUT2D eigenvalue weighted by molar-refractivity contribution is -0.225. The van der Waals surface area contributed by atoms with Crippen LogP contribution in [0.5, 0.6) is 0 Å². The number of carboxylic acid groups (broad SMARTS) is 1. The van der Waals surface area contributed by atoms with E-state index in [0.29, 0.717) is 49.9 Å². The third kappa shape index (κ3) is 6.15. The molecule has 4 fully saturated rings. The van der Waals surface area contributed by atoms with Crippen LogP contribution in [0.3, 0.4) is 0 Å². The van der Waals surface area contributed by atoms with E-state index in [2.05, 4.69) is 46.0 Å². The van der Waals surface area contributed by atoms with Crippen molar-refractivity contribution in [2.24, 2.45) is 58.2 Å². The number of ether oxygens (including phenoxy) is 3. The van der Waals surface area contributed by atoms with Gasteiger partial charge in [0.15, 0.2) is 0 Å². The molecule has 0 aromatic carbocycles. The number of fused-ring (bicyclic) bond motifs is 3. The molecule has 3 saturated carbocycles. The number of carbonyl (C=O) groups is 2. The molecule has 1 saturated heterocycles. The van der Waals surface area contributed by atoms with Gasteiger partial charge in [-0.05, 0) is 92.9 Å². The van der Waals surface area contributed by atoms with E-state index >= 15 is 0 Å². The lowest BCUT2D eigenvalue weighted by Crippen LogP contribution is -2.64. The zero-order valence-electron chi connectivity index (χ0n) is 26.3. The van der Waals surface area contributed by atoms with Gasteiger partial charge in [0, 0.05) is 17.9 Å². The molecule has 5 aliphatic rings. The molecule has 232 valence electrons. The van der Waals surface area contributed by atoms with Crippen molar-refractivity contribution in [1.82, 2.24) is 5.32 Å². The van der Waals surface area contributed by atoms with E-state index in [1.165, 1.54) is 5.57 Å². The first-order valence-electron chi connectivity index (χ1n) is 16.4. The van der Waals surface area contributed by atoms with Crippen molar-refractivity contribution in [1.29, 1.82) is 0 Å². The zero-order chi connectivity index (χ0) is 29.5. The number of nitrogens with one attached hydrogen (secondary N) is 1. The van der Waals surface area contributed by atoms with Crippen molar-refractivity contribution in [3.63, 3.8) is 0 Å². The topological polar surface area (TPSA) is 94.1 Å². The van der Waals surface area contributed by atoms with Crippen molar-refractivity contribution >= 4 is 11.9 Å². The second-order valence-corrected chi connectivity index (χ2v) is 15.6. The predicted octanol–water partition coefficient (Wildman–Crippen LogP) is 5.72. The summed E-state index contributed by atoms with van der Waals surface area (Å²) in [7, 11) is 1.93. The zero-order valence-corrected chi connectivity index (χ0v) is 26.3. The Labute approximate surface area is 247 Å². The lowest BCUT2D eigenvalue weighted by atomic mass is 9.45. The summed E-state index contributed by atoms with van der Waals surface area (Å²) in [5.41, 5.74) is 1.21.